The van der Waals surface area contributed by atoms with Gasteiger partial charge in [0.2, 0.25) is 0 Å². The molecule has 0 aromatic carbocycles. The zero-order chi connectivity index (χ0) is 10.6. The zero-order valence-corrected chi connectivity index (χ0v) is 9.08. The Balaban J connectivity index is 2.15. The van der Waals surface area contributed by atoms with Crippen LogP contribution in [0.25, 0.3) is 0 Å². The third-order valence-corrected chi connectivity index (χ3v) is 2.11. The monoisotopic (exact) mass is 201 g/mol. The Kier molecular flexibility index (Phi) is 4.35. The minimum atomic E-state index is -0.322. The SMILES string of the molecule is CC(C)CONC(=O)C1CCC(C)O1. The second kappa shape index (κ2) is 5.32. The first-order valence-corrected chi connectivity index (χ1v) is 5.16. The molecule has 1 rings (SSSR count). The maximum Gasteiger partial charge on any atom is 0.272 e. The molecule has 2 atom stereocenters. The number of rotatable bonds is 4. The summed E-state index contributed by atoms with van der Waals surface area (Å²) in [7, 11) is 0. The van der Waals surface area contributed by atoms with Gasteiger partial charge < -0.3 is 4.74 Å². The van der Waals surface area contributed by atoms with Crippen molar-refractivity contribution in [3.63, 3.8) is 0 Å². The number of nitrogens with one attached hydrogen (secondary N) is 1. The first-order valence-electron chi connectivity index (χ1n) is 5.16. The summed E-state index contributed by atoms with van der Waals surface area (Å²) in [6.07, 6.45) is 1.60. The standard InChI is InChI=1S/C10H19NO3/c1-7(2)6-13-11-10(12)9-5-4-8(3)14-9/h7-9H,4-6H2,1-3H3,(H,11,12). The number of hydroxylamine groups is 1. The molecule has 0 aromatic rings. The van der Waals surface area contributed by atoms with Gasteiger partial charge >= 0.3 is 0 Å². The van der Waals surface area contributed by atoms with E-state index in [9.17, 15) is 4.79 Å². The van der Waals surface area contributed by atoms with Crippen molar-refractivity contribution in [1.29, 1.82) is 0 Å². The van der Waals surface area contributed by atoms with Gasteiger partial charge in [0.25, 0.3) is 5.91 Å². The third kappa shape index (κ3) is 3.64. The number of hydrogen-bond acceptors (Lipinski definition) is 3. The highest BCUT2D eigenvalue weighted by atomic mass is 16.7. The third-order valence-electron chi connectivity index (χ3n) is 2.11. The van der Waals surface area contributed by atoms with E-state index in [1.807, 2.05) is 20.8 Å². The number of ether oxygens (including phenoxy) is 1. The number of hydrogen-bond donors (Lipinski definition) is 1. The van der Waals surface area contributed by atoms with Gasteiger partial charge in [0.05, 0.1) is 12.7 Å². The van der Waals surface area contributed by atoms with Gasteiger partial charge in [-0.2, -0.15) is 0 Å². The largest absolute Gasteiger partial charge is 0.365 e. The maximum atomic E-state index is 11.4. The van der Waals surface area contributed by atoms with Gasteiger partial charge in [-0.25, -0.2) is 5.48 Å². The lowest BCUT2D eigenvalue weighted by Gasteiger charge is -2.12. The molecule has 0 radical (unpaired) electrons. The van der Waals surface area contributed by atoms with E-state index < -0.39 is 0 Å². The van der Waals surface area contributed by atoms with Crippen LogP contribution in [0.4, 0.5) is 0 Å². The molecule has 0 bridgehead atoms. The van der Waals surface area contributed by atoms with Crippen LogP contribution >= 0.6 is 0 Å². The van der Waals surface area contributed by atoms with Crippen LogP contribution in [0.2, 0.25) is 0 Å². The van der Waals surface area contributed by atoms with Crippen molar-refractivity contribution in [2.75, 3.05) is 6.61 Å². The van der Waals surface area contributed by atoms with Crippen molar-refractivity contribution in [2.45, 2.75) is 45.8 Å². The Morgan fingerprint density at radius 2 is 2.29 bits per heavy atom. The summed E-state index contributed by atoms with van der Waals surface area (Å²) < 4.78 is 5.39. The topological polar surface area (TPSA) is 47.6 Å². The lowest BCUT2D eigenvalue weighted by atomic mass is 10.2. The van der Waals surface area contributed by atoms with Crippen molar-refractivity contribution in [2.24, 2.45) is 5.92 Å². The Labute approximate surface area is 84.9 Å². The lowest BCUT2D eigenvalue weighted by Crippen LogP contribution is -2.35. The van der Waals surface area contributed by atoms with Gasteiger partial charge in [0.1, 0.15) is 6.10 Å². The predicted octanol–water partition coefficient (Wildman–Crippen LogP) is 1.26. The van der Waals surface area contributed by atoms with Crippen LogP contribution in [0, 0.1) is 5.92 Å². The smallest absolute Gasteiger partial charge is 0.272 e. The average molecular weight is 201 g/mol. The predicted molar refractivity (Wildman–Crippen MR) is 52.5 cm³/mol. The highest BCUT2D eigenvalue weighted by Crippen LogP contribution is 2.18. The van der Waals surface area contributed by atoms with Crippen molar-refractivity contribution < 1.29 is 14.4 Å². The minimum absolute atomic E-state index is 0.157. The fourth-order valence-corrected chi connectivity index (χ4v) is 1.34. The van der Waals surface area contributed by atoms with E-state index in [0.29, 0.717) is 12.5 Å². The molecular weight excluding hydrogens is 182 g/mol. The molecule has 1 aliphatic heterocycles. The molecule has 0 spiro atoms. The van der Waals surface area contributed by atoms with Gasteiger partial charge in [-0.3, -0.25) is 9.63 Å². The quantitative estimate of drug-likeness (QED) is 0.696. The Morgan fingerprint density at radius 1 is 1.57 bits per heavy atom. The van der Waals surface area contributed by atoms with E-state index in [2.05, 4.69) is 5.48 Å². The molecule has 1 fully saturated rings. The molecule has 2 unspecified atom stereocenters. The zero-order valence-electron chi connectivity index (χ0n) is 9.08. The van der Waals surface area contributed by atoms with Gasteiger partial charge in [-0.1, -0.05) is 13.8 Å². The van der Waals surface area contributed by atoms with Crippen LogP contribution in [0.1, 0.15) is 33.6 Å². The second-order valence-corrected chi connectivity index (χ2v) is 4.18. The van der Waals surface area contributed by atoms with E-state index in [-0.39, 0.29) is 18.1 Å². The van der Waals surface area contributed by atoms with Crippen molar-refractivity contribution in [3.05, 3.63) is 0 Å². The van der Waals surface area contributed by atoms with Crippen molar-refractivity contribution in [1.82, 2.24) is 5.48 Å². The molecule has 4 nitrogen and oxygen atoms in total. The molecule has 1 N–H and O–H groups in total. The minimum Gasteiger partial charge on any atom is -0.365 e. The molecule has 82 valence electrons. The van der Waals surface area contributed by atoms with Gasteiger partial charge in [0.15, 0.2) is 0 Å². The van der Waals surface area contributed by atoms with E-state index in [1.165, 1.54) is 0 Å². The molecular formula is C10H19NO3. The van der Waals surface area contributed by atoms with Gasteiger partial charge in [-0.05, 0) is 25.7 Å². The van der Waals surface area contributed by atoms with Crippen LogP contribution in [0.3, 0.4) is 0 Å². The van der Waals surface area contributed by atoms with Crippen molar-refractivity contribution in [3.8, 4) is 0 Å². The molecule has 1 amide bonds. The summed E-state index contributed by atoms with van der Waals surface area (Å²) in [4.78, 5) is 16.4. The first kappa shape index (κ1) is 11.5. The average Bonchev–Trinajstić information content (AvgIpc) is 2.51. The summed E-state index contributed by atoms with van der Waals surface area (Å²) in [6.45, 7) is 6.57. The summed E-state index contributed by atoms with van der Waals surface area (Å²) in [6, 6.07) is 0. The van der Waals surface area contributed by atoms with Crippen molar-refractivity contribution >= 4 is 5.91 Å². The summed E-state index contributed by atoms with van der Waals surface area (Å²) in [5.41, 5.74) is 2.41. The molecule has 0 saturated carbocycles. The van der Waals surface area contributed by atoms with E-state index >= 15 is 0 Å². The van der Waals surface area contributed by atoms with Crippen LogP contribution in [0.5, 0.6) is 0 Å². The Bertz CT molecular complexity index is 194. The number of carbonyl (C=O) groups excluding carboxylic acids is 1. The van der Waals surface area contributed by atoms with Crippen LogP contribution in [-0.4, -0.2) is 24.7 Å². The highest BCUT2D eigenvalue weighted by Gasteiger charge is 2.28. The van der Waals surface area contributed by atoms with E-state index in [0.717, 1.165) is 12.8 Å². The molecule has 1 aliphatic rings. The Hall–Kier alpha value is -0.610. The molecule has 14 heavy (non-hydrogen) atoms. The van der Waals surface area contributed by atoms with E-state index in [1.54, 1.807) is 0 Å². The number of amides is 1. The Morgan fingerprint density at radius 3 is 2.79 bits per heavy atom. The normalized spacial score (nSPS) is 26.9. The van der Waals surface area contributed by atoms with Crippen LogP contribution in [-0.2, 0) is 14.4 Å². The highest BCUT2D eigenvalue weighted by molar-refractivity contribution is 5.79. The second-order valence-electron chi connectivity index (χ2n) is 4.18. The maximum absolute atomic E-state index is 11.4. The van der Waals surface area contributed by atoms with Crippen LogP contribution < -0.4 is 5.48 Å². The molecule has 1 saturated heterocycles. The van der Waals surface area contributed by atoms with Crippen LogP contribution in [0.15, 0.2) is 0 Å². The fraction of sp³-hybridized carbons (Fsp3) is 0.900. The summed E-state index contributed by atoms with van der Waals surface area (Å²) in [5, 5.41) is 0. The van der Waals surface area contributed by atoms with E-state index in [4.69, 9.17) is 9.57 Å². The van der Waals surface area contributed by atoms with Gasteiger partial charge in [0, 0.05) is 0 Å². The number of carbonyl (C=O) groups is 1. The first-order chi connectivity index (χ1) is 6.59. The van der Waals surface area contributed by atoms with Gasteiger partial charge in [-0.15, -0.1) is 0 Å². The molecule has 0 aromatic heterocycles. The summed E-state index contributed by atoms with van der Waals surface area (Å²) >= 11 is 0. The summed E-state index contributed by atoms with van der Waals surface area (Å²) in [5.74, 6) is 0.258. The molecule has 4 heteroatoms. The molecule has 0 aliphatic carbocycles. The fourth-order valence-electron chi connectivity index (χ4n) is 1.34. The lowest BCUT2D eigenvalue weighted by molar-refractivity contribution is -0.145. The molecule has 1 heterocycles.